The van der Waals surface area contributed by atoms with Gasteiger partial charge in [0.05, 0.1) is 0 Å². The Kier molecular flexibility index (Phi) is 5.90. The standard InChI is InChI=1S/C15H18ClNO4/c1-15(2,3)21-14(19)13(17-20)12(18)8-7-10-5-4-6-11(16)9-10/h4-6,9,20H,7-8H2,1-3H3. The molecule has 0 saturated carbocycles. The predicted molar refractivity (Wildman–Crippen MR) is 79.8 cm³/mol. The van der Waals surface area contributed by atoms with Crippen LogP contribution in [0.4, 0.5) is 0 Å². The van der Waals surface area contributed by atoms with E-state index in [4.69, 9.17) is 21.5 Å². The number of esters is 1. The van der Waals surface area contributed by atoms with Gasteiger partial charge in [0.25, 0.3) is 0 Å². The van der Waals surface area contributed by atoms with E-state index in [9.17, 15) is 9.59 Å². The van der Waals surface area contributed by atoms with Crippen LogP contribution in [0.5, 0.6) is 0 Å². The number of ether oxygens (including phenoxy) is 1. The van der Waals surface area contributed by atoms with Gasteiger partial charge in [-0.3, -0.25) is 4.79 Å². The van der Waals surface area contributed by atoms with Crippen LogP contribution in [0.2, 0.25) is 5.02 Å². The topological polar surface area (TPSA) is 76.0 Å². The molecular formula is C15H18ClNO4. The van der Waals surface area contributed by atoms with E-state index in [-0.39, 0.29) is 6.42 Å². The number of nitrogens with zero attached hydrogens (tertiary/aromatic N) is 1. The number of halogens is 1. The van der Waals surface area contributed by atoms with Crippen molar-refractivity contribution in [1.29, 1.82) is 0 Å². The summed E-state index contributed by atoms with van der Waals surface area (Å²) in [7, 11) is 0. The first-order chi connectivity index (χ1) is 9.73. The van der Waals surface area contributed by atoms with Crippen molar-refractivity contribution < 1.29 is 19.5 Å². The Bertz CT molecular complexity index is 561. The average molecular weight is 312 g/mol. The van der Waals surface area contributed by atoms with E-state index >= 15 is 0 Å². The molecule has 1 N–H and O–H groups in total. The van der Waals surface area contributed by atoms with E-state index in [1.807, 2.05) is 6.07 Å². The molecular weight excluding hydrogens is 294 g/mol. The Labute approximate surface area is 128 Å². The maximum atomic E-state index is 11.9. The number of hydrogen-bond acceptors (Lipinski definition) is 5. The number of carbonyl (C=O) groups is 2. The first-order valence-corrected chi connectivity index (χ1v) is 6.84. The van der Waals surface area contributed by atoms with Gasteiger partial charge in [0.2, 0.25) is 5.71 Å². The molecule has 0 amide bonds. The maximum Gasteiger partial charge on any atom is 0.364 e. The fraction of sp³-hybridized carbons (Fsp3) is 0.400. The normalized spacial score (nSPS) is 12.1. The van der Waals surface area contributed by atoms with Crippen LogP contribution in [0.25, 0.3) is 0 Å². The van der Waals surface area contributed by atoms with Crippen molar-refractivity contribution in [2.45, 2.75) is 39.2 Å². The van der Waals surface area contributed by atoms with Crippen molar-refractivity contribution in [2.24, 2.45) is 5.16 Å². The van der Waals surface area contributed by atoms with Crippen molar-refractivity contribution >= 4 is 29.1 Å². The summed E-state index contributed by atoms with van der Waals surface area (Å²) in [6.45, 7) is 4.99. The van der Waals surface area contributed by atoms with Gasteiger partial charge in [-0.2, -0.15) is 0 Å². The SMILES string of the molecule is CC(C)(C)OC(=O)C(=NO)C(=O)CCc1cccc(Cl)c1. The van der Waals surface area contributed by atoms with Crippen LogP contribution in [0, 0.1) is 0 Å². The molecule has 0 aromatic heterocycles. The van der Waals surface area contributed by atoms with Crippen molar-refractivity contribution in [2.75, 3.05) is 0 Å². The van der Waals surface area contributed by atoms with Crippen LogP contribution < -0.4 is 0 Å². The fourth-order valence-electron chi connectivity index (χ4n) is 1.61. The van der Waals surface area contributed by atoms with Crippen LogP contribution in [0.1, 0.15) is 32.8 Å². The highest BCUT2D eigenvalue weighted by atomic mass is 35.5. The Morgan fingerprint density at radius 1 is 1.33 bits per heavy atom. The van der Waals surface area contributed by atoms with Crippen molar-refractivity contribution in [3.8, 4) is 0 Å². The van der Waals surface area contributed by atoms with Crippen molar-refractivity contribution in [1.82, 2.24) is 0 Å². The molecule has 0 aliphatic rings. The second-order valence-corrected chi connectivity index (χ2v) is 5.94. The lowest BCUT2D eigenvalue weighted by Crippen LogP contribution is -2.33. The minimum atomic E-state index is -0.930. The predicted octanol–water partition coefficient (Wildman–Crippen LogP) is 3.01. The van der Waals surface area contributed by atoms with Crippen molar-refractivity contribution in [3.63, 3.8) is 0 Å². The quantitative estimate of drug-likeness (QED) is 0.298. The van der Waals surface area contributed by atoms with E-state index in [0.717, 1.165) is 5.56 Å². The smallest absolute Gasteiger partial charge is 0.364 e. The van der Waals surface area contributed by atoms with Gasteiger partial charge in [-0.15, -0.1) is 0 Å². The molecule has 21 heavy (non-hydrogen) atoms. The molecule has 0 aliphatic heterocycles. The molecule has 1 aromatic rings. The number of ketones is 1. The lowest BCUT2D eigenvalue weighted by Gasteiger charge is -2.19. The van der Waals surface area contributed by atoms with Crippen LogP contribution in [0.15, 0.2) is 29.4 Å². The number of carbonyl (C=O) groups excluding carboxylic acids is 2. The zero-order valence-corrected chi connectivity index (χ0v) is 13.0. The van der Waals surface area contributed by atoms with Crippen LogP contribution in [0.3, 0.4) is 0 Å². The number of aryl methyl sites for hydroxylation is 1. The molecule has 1 rings (SSSR count). The van der Waals surface area contributed by atoms with Gasteiger partial charge in [0, 0.05) is 11.4 Å². The zero-order valence-electron chi connectivity index (χ0n) is 12.2. The summed E-state index contributed by atoms with van der Waals surface area (Å²) < 4.78 is 5.01. The molecule has 0 bridgehead atoms. The monoisotopic (exact) mass is 311 g/mol. The molecule has 0 unspecified atom stereocenters. The van der Waals surface area contributed by atoms with E-state index in [0.29, 0.717) is 11.4 Å². The van der Waals surface area contributed by atoms with E-state index in [1.54, 1.807) is 39.0 Å². The summed E-state index contributed by atoms with van der Waals surface area (Å²) >= 11 is 5.85. The van der Waals surface area contributed by atoms with E-state index < -0.39 is 23.1 Å². The first-order valence-electron chi connectivity index (χ1n) is 6.46. The molecule has 0 spiro atoms. The molecule has 5 nitrogen and oxygen atoms in total. The lowest BCUT2D eigenvalue weighted by atomic mass is 10.1. The third kappa shape index (κ3) is 5.95. The molecule has 114 valence electrons. The summed E-state index contributed by atoms with van der Waals surface area (Å²) in [5.41, 5.74) is -0.496. The minimum Gasteiger partial charge on any atom is -0.455 e. The van der Waals surface area contributed by atoms with Crippen LogP contribution in [-0.2, 0) is 20.7 Å². The summed E-state index contributed by atoms with van der Waals surface area (Å²) in [5, 5.41) is 12.2. The molecule has 0 saturated heterocycles. The number of Topliss-reactive ketones (excluding diaryl/α,β-unsaturated/α-hetero) is 1. The number of oxime groups is 1. The molecule has 0 atom stereocenters. The highest BCUT2D eigenvalue weighted by molar-refractivity contribution is 6.64. The minimum absolute atomic E-state index is 0.0268. The van der Waals surface area contributed by atoms with Gasteiger partial charge in [0.15, 0.2) is 5.78 Å². The summed E-state index contributed by atoms with van der Waals surface area (Å²) in [4.78, 5) is 23.7. The molecule has 6 heteroatoms. The van der Waals surface area contributed by atoms with Gasteiger partial charge in [0.1, 0.15) is 5.60 Å². The number of benzene rings is 1. The lowest BCUT2D eigenvalue weighted by molar-refractivity contribution is -0.146. The third-order valence-electron chi connectivity index (χ3n) is 2.49. The Morgan fingerprint density at radius 3 is 2.52 bits per heavy atom. The van der Waals surface area contributed by atoms with Gasteiger partial charge >= 0.3 is 5.97 Å². The number of hydrogen-bond donors (Lipinski definition) is 1. The molecule has 1 aromatic carbocycles. The van der Waals surface area contributed by atoms with E-state index in [2.05, 4.69) is 5.16 Å². The average Bonchev–Trinajstić information content (AvgIpc) is 2.35. The van der Waals surface area contributed by atoms with Gasteiger partial charge in [-0.25, -0.2) is 4.79 Å². The van der Waals surface area contributed by atoms with Gasteiger partial charge in [-0.05, 0) is 44.9 Å². The van der Waals surface area contributed by atoms with Crippen molar-refractivity contribution in [3.05, 3.63) is 34.9 Å². The molecule has 0 radical (unpaired) electrons. The van der Waals surface area contributed by atoms with E-state index in [1.165, 1.54) is 0 Å². The van der Waals surface area contributed by atoms with Crippen LogP contribution >= 0.6 is 11.6 Å². The zero-order chi connectivity index (χ0) is 16.0. The third-order valence-corrected chi connectivity index (χ3v) is 2.72. The molecule has 0 heterocycles. The maximum absolute atomic E-state index is 11.9. The van der Waals surface area contributed by atoms with Crippen LogP contribution in [-0.4, -0.2) is 28.3 Å². The first kappa shape index (κ1) is 17.2. The summed E-state index contributed by atoms with van der Waals surface area (Å²) in [6, 6.07) is 7.06. The Morgan fingerprint density at radius 2 is 2.00 bits per heavy atom. The Balaban J connectivity index is 2.66. The largest absolute Gasteiger partial charge is 0.455 e. The van der Waals surface area contributed by atoms with Gasteiger partial charge < -0.3 is 9.94 Å². The summed E-state index contributed by atoms with van der Waals surface area (Å²) in [5.74, 6) is -1.51. The second kappa shape index (κ2) is 7.22. The van der Waals surface area contributed by atoms with Gasteiger partial charge in [-0.1, -0.05) is 28.9 Å². The summed E-state index contributed by atoms with van der Waals surface area (Å²) in [6.07, 6.45) is 0.417. The highest BCUT2D eigenvalue weighted by Crippen LogP contribution is 2.13. The Hall–Kier alpha value is -1.88. The fourth-order valence-corrected chi connectivity index (χ4v) is 1.82. The number of rotatable bonds is 5. The molecule has 0 aliphatic carbocycles. The molecule has 0 fully saturated rings. The second-order valence-electron chi connectivity index (χ2n) is 5.50. The highest BCUT2D eigenvalue weighted by Gasteiger charge is 2.26.